The molecule has 0 bridgehead atoms. The molecular formula is C17H17N3O2. The molecule has 2 heterocycles. The van der Waals surface area contributed by atoms with Gasteiger partial charge in [-0.15, -0.1) is 0 Å². The number of nitrogens with one attached hydrogen (secondary N) is 1. The largest absolute Gasteiger partial charge is 0.497 e. The van der Waals surface area contributed by atoms with E-state index in [2.05, 4.69) is 10.3 Å². The number of aromatic nitrogens is 2. The Labute approximate surface area is 128 Å². The summed E-state index contributed by atoms with van der Waals surface area (Å²) in [6, 6.07) is 11.2. The summed E-state index contributed by atoms with van der Waals surface area (Å²) >= 11 is 0. The van der Waals surface area contributed by atoms with Gasteiger partial charge in [0.25, 0.3) is 5.91 Å². The summed E-state index contributed by atoms with van der Waals surface area (Å²) in [6.07, 6.45) is 1.87. The summed E-state index contributed by atoms with van der Waals surface area (Å²) in [5, 5.41) is 2.89. The number of methoxy groups -OCH3 is 1. The average molecular weight is 295 g/mol. The minimum Gasteiger partial charge on any atom is -0.497 e. The van der Waals surface area contributed by atoms with E-state index in [4.69, 9.17) is 4.74 Å². The van der Waals surface area contributed by atoms with Crippen molar-refractivity contribution in [1.82, 2.24) is 9.38 Å². The van der Waals surface area contributed by atoms with Crippen molar-refractivity contribution in [2.45, 2.75) is 13.8 Å². The predicted molar refractivity (Wildman–Crippen MR) is 85.6 cm³/mol. The summed E-state index contributed by atoms with van der Waals surface area (Å²) in [4.78, 5) is 17.0. The number of carbonyl (C=O) groups is 1. The smallest absolute Gasteiger partial charge is 0.274 e. The molecule has 1 amide bonds. The van der Waals surface area contributed by atoms with Crippen molar-refractivity contribution in [3.8, 4) is 5.75 Å². The summed E-state index contributed by atoms with van der Waals surface area (Å²) in [5.74, 6) is 0.505. The van der Waals surface area contributed by atoms with Crippen LogP contribution in [-0.2, 0) is 0 Å². The van der Waals surface area contributed by atoms with E-state index in [0.29, 0.717) is 22.8 Å². The Hall–Kier alpha value is -2.82. The SMILES string of the molecule is COc1cccc(NC(=O)c2c(C)nc3cc(C)ccn23)c1. The van der Waals surface area contributed by atoms with E-state index in [1.165, 1.54) is 0 Å². The Bertz CT molecular complexity index is 852. The third-order valence-corrected chi connectivity index (χ3v) is 3.50. The topological polar surface area (TPSA) is 55.6 Å². The van der Waals surface area contributed by atoms with E-state index in [9.17, 15) is 4.79 Å². The molecule has 0 spiro atoms. The molecule has 0 aliphatic carbocycles. The maximum Gasteiger partial charge on any atom is 0.274 e. The van der Waals surface area contributed by atoms with Crippen LogP contribution >= 0.6 is 0 Å². The van der Waals surface area contributed by atoms with Crippen LogP contribution in [0.5, 0.6) is 5.75 Å². The molecule has 1 N–H and O–H groups in total. The average Bonchev–Trinajstić information content (AvgIpc) is 2.82. The Morgan fingerprint density at radius 3 is 2.82 bits per heavy atom. The Morgan fingerprint density at radius 1 is 1.23 bits per heavy atom. The molecule has 5 nitrogen and oxygen atoms in total. The first-order valence-corrected chi connectivity index (χ1v) is 6.99. The first-order valence-electron chi connectivity index (χ1n) is 6.99. The fourth-order valence-corrected chi connectivity index (χ4v) is 2.43. The molecule has 0 saturated heterocycles. The van der Waals surface area contributed by atoms with Gasteiger partial charge in [0.2, 0.25) is 0 Å². The number of anilines is 1. The second kappa shape index (κ2) is 5.52. The highest BCUT2D eigenvalue weighted by atomic mass is 16.5. The minimum absolute atomic E-state index is 0.192. The highest BCUT2D eigenvalue weighted by Gasteiger charge is 2.16. The van der Waals surface area contributed by atoms with Crippen molar-refractivity contribution in [2.24, 2.45) is 0 Å². The summed E-state index contributed by atoms with van der Waals surface area (Å²) in [7, 11) is 1.60. The number of hydrogen-bond donors (Lipinski definition) is 1. The lowest BCUT2D eigenvalue weighted by atomic mass is 10.2. The van der Waals surface area contributed by atoms with Crippen molar-refractivity contribution >= 4 is 17.2 Å². The number of ether oxygens (including phenoxy) is 1. The van der Waals surface area contributed by atoms with Gasteiger partial charge < -0.3 is 10.1 Å². The van der Waals surface area contributed by atoms with Crippen molar-refractivity contribution in [3.05, 3.63) is 59.5 Å². The van der Waals surface area contributed by atoms with Crippen molar-refractivity contribution in [3.63, 3.8) is 0 Å². The van der Waals surface area contributed by atoms with Crippen LogP contribution in [0.25, 0.3) is 5.65 Å². The van der Waals surface area contributed by atoms with Gasteiger partial charge in [0.05, 0.1) is 12.8 Å². The molecule has 0 saturated carbocycles. The van der Waals surface area contributed by atoms with Gasteiger partial charge in [-0.2, -0.15) is 0 Å². The van der Waals surface area contributed by atoms with Gasteiger partial charge in [0.15, 0.2) is 0 Å². The van der Waals surface area contributed by atoms with Crippen LogP contribution in [0.4, 0.5) is 5.69 Å². The maximum absolute atomic E-state index is 12.6. The number of fused-ring (bicyclic) bond motifs is 1. The molecule has 5 heteroatoms. The normalized spacial score (nSPS) is 10.7. The highest BCUT2D eigenvalue weighted by Crippen LogP contribution is 2.19. The van der Waals surface area contributed by atoms with E-state index in [1.54, 1.807) is 17.6 Å². The van der Waals surface area contributed by atoms with Crippen LogP contribution in [0.3, 0.4) is 0 Å². The molecule has 112 valence electrons. The number of nitrogens with zero attached hydrogens (tertiary/aromatic N) is 2. The maximum atomic E-state index is 12.6. The lowest BCUT2D eigenvalue weighted by Crippen LogP contribution is -2.15. The van der Waals surface area contributed by atoms with Gasteiger partial charge in [-0.05, 0) is 43.7 Å². The molecule has 3 aromatic rings. The number of aryl methyl sites for hydroxylation is 2. The number of rotatable bonds is 3. The zero-order valence-electron chi connectivity index (χ0n) is 12.8. The van der Waals surface area contributed by atoms with Gasteiger partial charge in [-0.3, -0.25) is 9.20 Å². The number of imidazole rings is 1. The van der Waals surface area contributed by atoms with Crippen molar-refractivity contribution in [2.75, 3.05) is 12.4 Å². The first kappa shape index (κ1) is 14.1. The molecule has 0 aliphatic rings. The predicted octanol–water partition coefficient (Wildman–Crippen LogP) is 3.21. The van der Waals surface area contributed by atoms with E-state index >= 15 is 0 Å². The van der Waals surface area contributed by atoms with Gasteiger partial charge in [-0.1, -0.05) is 6.07 Å². The standard InChI is InChI=1S/C17H17N3O2/c1-11-7-8-20-15(9-11)18-12(2)16(20)17(21)19-13-5-4-6-14(10-13)22-3/h4-10H,1-3H3,(H,19,21). The fourth-order valence-electron chi connectivity index (χ4n) is 2.43. The fraction of sp³-hybridized carbons (Fsp3) is 0.176. The third kappa shape index (κ3) is 2.53. The quantitative estimate of drug-likeness (QED) is 0.807. The van der Waals surface area contributed by atoms with E-state index in [0.717, 1.165) is 11.2 Å². The van der Waals surface area contributed by atoms with Crippen LogP contribution in [-0.4, -0.2) is 22.4 Å². The molecule has 2 aromatic heterocycles. The molecule has 0 radical (unpaired) electrons. The number of hydrogen-bond acceptors (Lipinski definition) is 3. The van der Waals surface area contributed by atoms with Gasteiger partial charge >= 0.3 is 0 Å². The molecular weight excluding hydrogens is 278 g/mol. The zero-order valence-corrected chi connectivity index (χ0v) is 12.8. The van der Waals surface area contributed by atoms with Crippen LogP contribution in [0.15, 0.2) is 42.6 Å². The van der Waals surface area contributed by atoms with Crippen LogP contribution in [0.1, 0.15) is 21.7 Å². The minimum atomic E-state index is -0.192. The van der Waals surface area contributed by atoms with Crippen LogP contribution in [0, 0.1) is 13.8 Å². The Morgan fingerprint density at radius 2 is 2.05 bits per heavy atom. The third-order valence-electron chi connectivity index (χ3n) is 3.50. The number of benzene rings is 1. The second-order valence-corrected chi connectivity index (χ2v) is 5.16. The molecule has 0 aliphatic heterocycles. The monoisotopic (exact) mass is 295 g/mol. The van der Waals surface area contributed by atoms with Crippen LogP contribution < -0.4 is 10.1 Å². The van der Waals surface area contributed by atoms with Crippen molar-refractivity contribution < 1.29 is 9.53 Å². The van der Waals surface area contributed by atoms with Gasteiger partial charge in [0, 0.05) is 18.0 Å². The molecule has 0 unspecified atom stereocenters. The molecule has 22 heavy (non-hydrogen) atoms. The van der Waals surface area contributed by atoms with Crippen LogP contribution in [0.2, 0.25) is 0 Å². The number of pyridine rings is 1. The summed E-state index contributed by atoms with van der Waals surface area (Å²) in [5.41, 5.74) is 3.81. The Balaban J connectivity index is 1.96. The lowest BCUT2D eigenvalue weighted by Gasteiger charge is -2.07. The van der Waals surface area contributed by atoms with E-state index in [-0.39, 0.29) is 5.91 Å². The second-order valence-electron chi connectivity index (χ2n) is 5.16. The number of amides is 1. The van der Waals surface area contributed by atoms with E-state index < -0.39 is 0 Å². The molecule has 0 atom stereocenters. The molecule has 1 aromatic carbocycles. The highest BCUT2D eigenvalue weighted by molar-refractivity contribution is 6.04. The molecule has 0 fully saturated rings. The molecule has 3 rings (SSSR count). The van der Waals surface area contributed by atoms with Gasteiger partial charge in [-0.25, -0.2) is 4.98 Å². The summed E-state index contributed by atoms with van der Waals surface area (Å²) < 4.78 is 6.97. The number of carbonyl (C=O) groups excluding carboxylic acids is 1. The zero-order chi connectivity index (χ0) is 15.7. The van der Waals surface area contributed by atoms with Crippen molar-refractivity contribution in [1.29, 1.82) is 0 Å². The Kier molecular flexibility index (Phi) is 3.55. The van der Waals surface area contributed by atoms with Gasteiger partial charge in [0.1, 0.15) is 17.1 Å². The van der Waals surface area contributed by atoms with E-state index in [1.807, 2.05) is 50.4 Å². The first-order chi connectivity index (χ1) is 10.6. The lowest BCUT2D eigenvalue weighted by molar-refractivity contribution is 0.102. The summed E-state index contributed by atoms with van der Waals surface area (Å²) in [6.45, 7) is 3.84.